The summed E-state index contributed by atoms with van der Waals surface area (Å²) in [6.45, 7) is 7.57. The van der Waals surface area contributed by atoms with Crippen LogP contribution in [0.4, 0.5) is 10.6 Å². The lowest BCUT2D eigenvalue weighted by Crippen LogP contribution is -2.30. The number of amides is 2. The van der Waals surface area contributed by atoms with Crippen molar-refractivity contribution >= 4 is 27.8 Å². The molecular weight excluding hydrogens is 458 g/mol. The highest BCUT2D eigenvalue weighted by molar-refractivity contribution is 9.10. The summed E-state index contributed by atoms with van der Waals surface area (Å²) in [5.74, 6) is 0.577. The van der Waals surface area contributed by atoms with Crippen molar-refractivity contribution in [2.45, 2.75) is 45.6 Å². The largest absolute Gasteiger partial charge is 0.338 e. The summed E-state index contributed by atoms with van der Waals surface area (Å²) in [7, 11) is 0. The van der Waals surface area contributed by atoms with Crippen LogP contribution in [-0.2, 0) is 12.0 Å². The molecule has 3 aromatic rings. The molecule has 2 amide bonds. The number of hydrogen-bond acceptors (Lipinski definition) is 4. The standard InChI is InChI=1S/C22H26BrN7O/c1-22(2,3)19-12-20(30(28-19)18-8-6-16(13-24)7-9-18)27-21(31)25-10-4-5-11-29-15-17(23)14-26-29/h6-9,12,14-15H,4-5,10-11H2,1-3H3,(H2,25,27,31). The molecule has 1 aromatic carbocycles. The van der Waals surface area contributed by atoms with E-state index >= 15 is 0 Å². The number of aromatic nitrogens is 4. The zero-order chi connectivity index (χ0) is 22.4. The van der Waals surface area contributed by atoms with Crippen molar-refractivity contribution in [3.63, 3.8) is 0 Å². The summed E-state index contributed by atoms with van der Waals surface area (Å²) < 4.78 is 4.52. The number of aryl methyl sites for hydroxylation is 1. The summed E-state index contributed by atoms with van der Waals surface area (Å²) in [4.78, 5) is 12.5. The molecule has 9 heteroatoms. The molecule has 0 bridgehead atoms. The number of nitriles is 1. The van der Waals surface area contributed by atoms with Gasteiger partial charge in [-0.1, -0.05) is 20.8 Å². The molecule has 8 nitrogen and oxygen atoms in total. The highest BCUT2D eigenvalue weighted by atomic mass is 79.9. The van der Waals surface area contributed by atoms with Gasteiger partial charge in [0.25, 0.3) is 0 Å². The number of benzene rings is 1. The number of carbonyl (C=O) groups excluding carboxylic acids is 1. The Morgan fingerprint density at radius 1 is 1.23 bits per heavy atom. The van der Waals surface area contributed by atoms with E-state index in [0.717, 1.165) is 35.2 Å². The molecule has 0 spiro atoms. The van der Waals surface area contributed by atoms with Gasteiger partial charge in [-0.15, -0.1) is 0 Å². The number of urea groups is 1. The molecule has 0 saturated carbocycles. The predicted molar refractivity (Wildman–Crippen MR) is 123 cm³/mol. The lowest BCUT2D eigenvalue weighted by Gasteiger charge is -2.14. The normalized spacial score (nSPS) is 11.2. The second-order valence-electron chi connectivity index (χ2n) is 8.24. The quantitative estimate of drug-likeness (QED) is 0.479. The summed E-state index contributed by atoms with van der Waals surface area (Å²) in [5, 5.41) is 23.7. The Kier molecular flexibility index (Phi) is 7.13. The maximum Gasteiger partial charge on any atom is 0.320 e. The molecule has 0 fully saturated rings. The lowest BCUT2D eigenvalue weighted by molar-refractivity contribution is 0.251. The number of halogens is 1. The van der Waals surface area contributed by atoms with Crippen LogP contribution in [0.1, 0.15) is 44.9 Å². The molecule has 162 valence electrons. The molecule has 0 unspecified atom stereocenters. The Balaban J connectivity index is 1.61. The van der Waals surface area contributed by atoms with Crippen molar-refractivity contribution in [2.75, 3.05) is 11.9 Å². The second-order valence-corrected chi connectivity index (χ2v) is 9.16. The summed E-state index contributed by atoms with van der Waals surface area (Å²) in [6.07, 6.45) is 5.44. The van der Waals surface area contributed by atoms with Crippen LogP contribution in [0.25, 0.3) is 5.69 Å². The van der Waals surface area contributed by atoms with Gasteiger partial charge in [0, 0.05) is 30.8 Å². The van der Waals surface area contributed by atoms with Gasteiger partial charge in [0.05, 0.1) is 33.7 Å². The fraction of sp³-hybridized carbons (Fsp3) is 0.364. The summed E-state index contributed by atoms with van der Waals surface area (Å²) in [6, 6.07) is 10.8. The fourth-order valence-corrected chi connectivity index (χ4v) is 3.26. The smallest absolute Gasteiger partial charge is 0.320 e. The van der Waals surface area contributed by atoms with Crippen LogP contribution in [0, 0.1) is 11.3 Å². The van der Waals surface area contributed by atoms with Crippen LogP contribution in [0.2, 0.25) is 0 Å². The van der Waals surface area contributed by atoms with E-state index < -0.39 is 0 Å². The number of hydrogen-bond donors (Lipinski definition) is 2. The fourth-order valence-electron chi connectivity index (χ4n) is 2.93. The molecular formula is C22H26BrN7O. The van der Waals surface area contributed by atoms with Crippen molar-refractivity contribution in [2.24, 2.45) is 0 Å². The van der Waals surface area contributed by atoms with Gasteiger partial charge in [-0.25, -0.2) is 9.48 Å². The van der Waals surface area contributed by atoms with Crippen molar-refractivity contribution < 1.29 is 4.79 Å². The molecule has 2 N–H and O–H groups in total. The van der Waals surface area contributed by atoms with Crippen LogP contribution in [0.15, 0.2) is 47.2 Å². The third-order valence-electron chi connectivity index (χ3n) is 4.66. The minimum absolute atomic E-state index is 0.174. The molecule has 2 aromatic heterocycles. The van der Waals surface area contributed by atoms with E-state index in [2.05, 4.69) is 63.6 Å². The molecule has 0 saturated heterocycles. The third kappa shape index (κ3) is 6.18. The first-order valence-corrected chi connectivity index (χ1v) is 10.9. The van der Waals surface area contributed by atoms with Crippen molar-refractivity contribution in [3.05, 3.63) is 58.5 Å². The minimum atomic E-state index is -0.280. The van der Waals surface area contributed by atoms with Crippen LogP contribution in [0.5, 0.6) is 0 Å². The summed E-state index contributed by atoms with van der Waals surface area (Å²) in [5.41, 5.74) is 2.03. The molecule has 0 aliphatic rings. The monoisotopic (exact) mass is 483 g/mol. The molecule has 3 rings (SSSR count). The number of nitrogens with one attached hydrogen (secondary N) is 2. The van der Waals surface area contributed by atoms with Gasteiger partial charge in [0.1, 0.15) is 5.82 Å². The highest BCUT2D eigenvalue weighted by Gasteiger charge is 2.21. The average Bonchev–Trinajstić information content (AvgIpc) is 3.34. The maximum atomic E-state index is 12.5. The van der Waals surface area contributed by atoms with Crippen LogP contribution in [0.3, 0.4) is 0 Å². The maximum absolute atomic E-state index is 12.5. The molecule has 2 heterocycles. The zero-order valence-corrected chi connectivity index (χ0v) is 19.5. The van der Waals surface area contributed by atoms with Crippen molar-refractivity contribution in [1.82, 2.24) is 24.9 Å². The van der Waals surface area contributed by atoms with E-state index in [9.17, 15) is 4.79 Å². The SMILES string of the molecule is CC(C)(C)c1cc(NC(=O)NCCCCn2cc(Br)cn2)n(-c2ccc(C#N)cc2)n1. The molecule has 0 radical (unpaired) electrons. The molecule has 31 heavy (non-hydrogen) atoms. The first-order valence-electron chi connectivity index (χ1n) is 10.1. The number of rotatable bonds is 7. The number of unbranched alkanes of at least 4 members (excludes halogenated alkanes) is 1. The second kappa shape index (κ2) is 9.79. The van der Waals surface area contributed by atoms with Gasteiger partial charge in [0.2, 0.25) is 0 Å². The first-order chi connectivity index (χ1) is 14.8. The van der Waals surface area contributed by atoms with Gasteiger partial charge in [0.15, 0.2) is 0 Å². The van der Waals surface area contributed by atoms with E-state index in [0.29, 0.717) is 17.9 Å². The minimum Gasteiger partial charge on any atom is -0.338 e. The van der Waals surface area contributed by atoms with Gasteiger partial charge in [-0.3, -0.25) is 10.00 Å². The molecule has 0 atom stereocenters. The summed E-state index contributed by atoms with van der Waals surface area (Å²) >= 11 is 3.38. The van der Waals surface area contributed by atoms with Crippen LogP contribution < -0.4 is 10.6 Å². The Hall–Kier alpha value is -3.12. The van der Waals surface area contributed by atoms with Gasteiger partial charge in [-0.05, 0) is 53.0 Å². The Morgan fingerprint density at radius 2 is 1.97 bits per heavy atom. The third-order valence-corrected chi connectivity index (χ3v) is 5.07. The van der Waals surface area contributed by atoms with E-state index in [1.165, 1.54) is 0 Å². The van der Waals surface area contributed by atoms with Crippen molar-refractivity contribution in [1.29, 1.82) is 5.26 Å². The van der Waals surface area contributed by atoms with Crippen LogP contribution >= 0.6 is 15.9 Å². The van der Waals surface area contributed by atoms with E-state index in [-0.39, 0.29) is 11.4 Å². The topological polar surface area (TPSA) is 101 Å². The Bertz CT molecular complexity index is 1070. The number of nitrogens with zero attached hydrogens (tertiary/aromatic N) is 5. The van der Waals surface area contributed by atoms with Gasteiger partial charge < -0.3 is 5.32 Å². The number of carbonyl (C=O) groups is 1. The van der Waals surface area contributed by atoms with E-state index in [1.54, 1.807) is 23.0 Å². The number of anilines is 1. The van der Waals surface area contributed by atoms with Gasteiger partial charge in [-0.2, -0.15) is 15.5 Å². The van der Waals surface area contributed by atoms with Crippen LogP contribution in [-0.4, -0.2) is 32.1 Å². The van der Waals surface area contributed by atoms with Gasteiger partial charge >= 0.3 is 6.03 Å². The lowest BCUT2D eigenvalue weighted by atomic mass is 9.92. The van der Waals surface area contributed by atoms with E-state index in [1.807, 2.05) is 29.1 Å². The Morgan fingerprint density at radius 3 is 2.58 bits per heavy atom. The average molecular weight is 484 g/mol. The highest BCUT2D eigenvalue weighted by Crippen LogP contribution is 2.26. The molecule has 0 aliphatic heterocycles. The molecule has 0 aliphatic carbocycles. The predicted octanol–water partition coefficient (Wildman–Crippen LogP) is 4.60. The van der Waals surface area contributed by atoms with E-state index in [4.69, 9.17) is 5.26 Å². The Labute approximate surface area is 190 Å². The van der Waals surface area contributed by atoms with Crippen molar-refractivity contribution in [3.8, 4) is 11.8 Å². The zero-order valence-electron chi connectivity index (χ0n) is 17.9. The first kappa shape index (κ1) is 22.6.